The second kappa shape index (κ2) is 5.88. The highest BCUT2D eigenvalue weighted by molar-refractivity contribution is 9.10. The predicted octanol–water partition coefficient (Wildman–Crippen LogP) is 2.89. The van der Waals surface area contributed by atoms with Gasteiger partial charge in [0, 0.05) is 21.3 Å². The fraction of sp³-hybridized carbons (Fsp3) is 0.0667. The molecule has 0 fully saturated rings. The zero-order valence-corrected chi connectivity index (χ0v) is 11.7. The van der Waals surface area contributed by atoms with Crippen molar-refractivity contribution in [1.82, 2.24) is 0 Å². The molecular formula is C15H12BrNO3. The van der Waals surface area contributed by atoms with Crippen LogP contribution in [0.5, 0.6) is 0 Å². The van der Waals surface area contributed by atoms with Crippen LogP contribution in [0.4, 0.5) is 5.69 Å². The molecule has 0 radical (unpaired) electrons. The fourth-order valence-corrected chi connectivity index (χ4v) is 1.87. The number of hydrogen-bond donors (Lipinski definition) is 2. The van der Waals surface area contributed by atoms with Crippen LogP contribution in [-0.2, 0) is 11.2 Å². The number of carboxylic acids is 1. The number of carbonyl (C=O) groups is 2. The van der Waals surface area contributed by atoms with E-state index in [1.165, 1.54) is 18.2 Å². The zero-order valence-electron chi connectivity index (χ0n) is 14.2. The molecule has 4 nitrogen and oxygen atoms in total. The highest BCUT2D eigenvalue weighted by Crippen LogP contribution is 2.22. The molecule has 0 atom stereocenters. The largest absolute Gasteiger partial charge is 0.481 e. The molecule has 0 aliphatic carbocycles. The van der Waals surface area contributed by atoms with E-state index in [4.69, 9.17) is 16.3 Å². The number of anilines is 1. The molecule has 3 N–H and O–H groups in total. The topological polar surface area (TPSA) is 80.4 Å². The highest BCUT2D eigenvalue weighted by Gasteiger charge is 2.15. The Hall–Kier alpha value is -2.14. The number of carbonyl (C=O) groups excluding carboxylic acids is 1. The van der Waals surface area contributed by atoms with Crippen LogP contribution in [0.3, 0.4) is 0 Å². The zero-order chi connectivity index (χ0) is 18.2. The SMILES string of the molecule is [2H]c1c([2H])c(C(=O)c2cccc(CC(=O)O)c2N)c([2H])c([2H])c1Br. The van der Waals surface area contributed by atoms with E-state index in [2.05, 4.69) is 15.9 Å². The van der Waals surface area contributed by atoms with E-state index in [1.807, 2.05) is 0 Å². The first-order valence-electron chi connectivity index (χ1n) is 7.56. The lowest BCUT2D eigenvalue weighted by Crippen LogP contribution is -2.10. The number of benzene rings is 2. The third-order valence-electron chi connectivity index (χ3n) is 2.60. The quantitative estimate of drug-likeness (QED) is 0.664. The van der Waals surface area contributed by atoms with Gasteiger partial charge in [0.05, 0.1) is 11.9 Å². The number of rotatable bonds is 4. The van der Waals surface area contributed by atoms with E-state index in [0.29, 0.717) is 0 Å². The van der Waals surface area contributed by atoms with Crippen molar-refractivity contribution in [3.8, 4) is 0 Å². The van der Waals surface area contributed by atoms with Crippen LogP contribution in [0.15, 0.2) is 46.8 Å². The van der Waals surface area contributed by atoms with Crippen molar-refractivity contribution in [3.63, 3.8) is 0 Å². The van der Waals surface area contributed by atoms with Gasteiger partial charge in [-0.25, -0.2) is 0 Å². The van der Waals surface area contributed by atoms with Gasteiger partial charge in [-0.15, -0.1) is 0 Å². The number of hydrogen-bond acceptors (Lipinski definition) is 3. The summed E-state index contributed by atoms with van der Waals surface area (Å²) in [6, 6.07) is 2.55. The van der Waals surface area contributed by atoms with Crippen molar-refractivity contribution in [2.45, 2.75) is 6.42 Å². The van der Waals surface area contributed by atoms with Crippen LogP contribution in [0.25, 0.3) is 0 Å². The minimum absolute atomic E-state index is 0.0401. The summed E-state index contributed by atoms with van der Waals surface area (Å²) in [7, 11) is 0. The van der Waals surface area contributed by atoms with Crippen molar-refractivity contribution in [2.24, 2.45) is 0 Å². The molecule has 0 unspecified atom stereocenters. The number of halogens is 1. The maximum absolute atomic E-state index is 12.7. The first-order valence-corrected chi connectivity index (χ1v) is 6.35. The summed E-state index contributed by atoms with van der Waals surface area (Å²) in [4.78, 5) is 23.6. The van der Waals surface area contributed by atoms with Crippen LogP contribution in [0.1, 0.15) is 27.0 Å². The van der Waals surface area contributed by atoms with Gasteiger partial charge in [0.2, 0.25) is 0 Å². The summed E-state index contributed by atoms with van der Waals surface area (Å²) in [5, 5.41) is 8.87. The standard InChI is InChI=1S/C15H12BrNO3/c16-11-6-4-9(5-7-11)15(20)12-3-1-2-10(14(12)17)8-13(18)19/h1-7H,8,17H2,(H,18,19)/i4D,5D,6D,7D. The van der Waals surface area contributed by atoms with Gasteiger partial charge in [-0.3, -0.25) is 9.59 Å². The molecule has 2 aromatic rings. The van der Waals surface area contributed by atoms with Gasteiger partial charge in [-0.05, 0) is 35.8 Å². The van der Waals surface area contributed by atoms with Crippen LogP contribution in [-0.4, -0.2) is 16.9 Å². The summed E-state index contributed by atoms with van der Waals surface area (Å²) in [5.41, 5.74) is 5.58. The number of carboxylic acid groups (broad SMARTS) is 1. The lowest BCUT2D eigenvalue weighted by Gasteiger charge is -2.09. The summed E-state index contributed by atoms with van der Waals surface area (Å²) < 4.78 is 31.3. The number of nitrogens with two attached hydrogens (primary N) is 1. The average Bonchev–Trinajstić information content (AvgIpc) is 2.52. The smallest absolute Gasteiger partial charge is 0.307 e. The second-order valence-corrected chi connectivity index (χ2v) is 4.76. The minimum Gasteiger partial charge on any atom is -0.481 e. The molecule has 5 heteroatoms. The molecule has 2 rings (SSSR count). The number of para-hydroxylation sites is 1. The van der Waals surface area contributed by atoms with Crippen molar-refractivity contribution in [1.29, 1.82) is 0 Å². The monoisotopic (exact) mass is 337 g/mol. The van der Waals surface area contributed by atoms with Crippen molar-refractivity contribution in [2.75, 3.05) is 5.73 Å². The van der Waals surface area contributed by atoms with Crippen molar-refractivity contribution < 1.29 is 20.2 Å². The molecule has 102 valence electrons. The van der Waals surface area contributed by atoms with Crippen LogP contribution < -0.4 is 5.73 Å². The Morgan fingerprint density at radius 3 is 2.50 bits per heavy atom. The van der Waals surface area contributed by atoms with E-state index in [-0.39, 0.29) is 39.8 Å². The average molecular weight is 338 g/mol. The van der Waals surface area contributed by atoms with Gasteiger partial charge in [-0.1, -0.05) is 28.1 Å². The van der Waals surface area contributed by atoms with Gasteiger partial charge in [0.1, 0.15) is 0 Å². The van der Waals surface area contributed by atoms with Gasteiger partial charge < -0.3 is 10.8 Å². The third kappa shape index (κ3) is 3.05. The van der Waals surface area contributed by atoms with Crippen molar-refractivity contribution >= 4 is 33.4 Å². The van der Waals surface area contributed by atoms with Gasteiger partial charge in [-0.2, -0.15) is 0 Å². The number of ketones is 1. The Morgan fingerprint density at radius 2 is 1.90 bits per heavy atom. The minimum atomic E-state index is -1.11. The molecule has 0 aliphatic rings. The Morgan fingerprint density at radius 1 is 1.25 bits per heavy atom. The lowest BCUT2D eigenvalue weighted by atomic mass is 9.98. The summed E-state index contributed by atoms with van der Waals surface area (Å²) in [6.45, 7) is 0. The molecule has 0 saturated carbocycles. The Bertz CT molecular complexity index is 841. The normalized spacial score (nSPS) is 13.1. The first kappa shape index (κ1) is 9.72. The van der Waals surface area contributed by atoms with E-state index in [9.17, 15) is 9.59 Å². The molecule has 0 heterocycles. The highest BCUT2D eigenvalue weighted by atomic mass is 79.9. The summed E-state index contributed by atoms with van der Waals surface area (Å²) >= 11 is 2.96. The first-order chi connectivity index (χ1) is 11.2. The molecule has 0 saturated heterocycles. The molecule has 0 amide bonds. The molecular weight excluding hydrogens is 322 g/mol. The third-order valence-corrected chi connectivity index (χ3v) is 3.00. The fourth-order valence-electron chi connectivity index (χ4n) is 1.67. The van der Waals surface area contributed by atoms with E-state index in [0.717, 1.165) is 0 Å². The van der Waals surface area contributed by atoms with Crippen LogP contribution in [0, 0.1) is 0 Å². The molecule has 0 bridgehead atoms. The molecule has 0 aliphatic heterocycles. The van der Waals surface area contributed by atoms with Crippen molar-refractivity contribution in [3.05, 3.63) is 63.5 Å². The predicted molar refractivity (Wildman–Crippen MR) is 79.8 cm³/mol. The number of nitrogen functional groups attached to an aromatic ring is 1. The second-order valence-electron chi connectivity index (χ2n) is 3.97. The Labute approximate surface area is 130 Å². The lowest BCUT2D eigenvalue weighted by molar-refractivity contribution is -0.136. The molecule has 2 aromatic carbocycles. The summed E-state index contributed by atoms with van der Waals surface area (Å²) in [5.74, 6) is -1.90. The van der Waals surface area contributed by atoms with Gasteiger partial charge >= 0.3 is 5.97 Å². The van der Waals surface area contributed by atoms with E-state index in [1.54, 1.807) is 0 Å². The maximum Gasteiger partial charge on any atom is 0.307 e. The van der Waals surface area contributed by atoms with Gasteiger partial charge in [0.15, 0.2) is 5.78 Å². The van der Waals surface area contributed by atoms with Crippen LogP contribution in [0.2, 0.25) is 0 Å². The summed E-state index contributed by atoms with van der Waals surface area (Å²) in [6.07, 6.45) is -0.373. The Balaban J connectivity index is 2.65. The molecule has 0 aromatic heterocycles. The molecule has 20 heavy (non-hydrogen) atoms. The van der Waals surface area contributed by atoms with E-state index < -0.39 is 29.4 Å². The Kier molecular flexibility index (Phi) is 2.86. The van der Waals surface area contributed by atoms with Gasteiger partial charge in [0.25, 0.3) is 0 Å². The maximum atomic E-state index is 12.7. The molecule has 0 spiro atoms. The van der Waals surface area contributed by atoms with E-state index >= 15 is 0 Å². The number of aliphatic carboxylic acids is 1. The van der Waals surface area contributed by atoms with Crippen LogP contribution >= 0.6 is 15.9 Å².